The second-order valence-electron chi connectivity index (χ2n) is 4.40. The van der Waals surface area contributed by atoms with Crippen LogP contribution in [-0.4, -0.2) is 27.3 Å². The Hall–Kier alpha value is -2.14. The van der Waals surface area contributed by atoms with Crippen molar-refractivity contribution in [2.45, 2.75) is 13.0 Å². The molecule has 19 heavy (non-hydrogen) atoms. The number of hydrogen-bond donors (Lipinski definition) is 2. The first kappa shape index (κ1) is 13.3. The maximum atomic E-state index is 11.9. The highest BCUT2D eigenvalue weighted by molar-refractivity contribution is 5.95. The maximum absolute atomic E-state index is 11.9. The van der Waals surface area contributed by atoms with Gasteiger partial charge in [0.1, 0.15) is 0 Å². The third kappa shape index (κ3) is 3.00. The van der Waals surface area contributed by atoms with E-state index in [1.807, 2.05) is 37.3 Å². The van der Waals surface area contributed by atoms with Gasteiger partial charge in [-0.3, -0.25) is 9.48 Å². The number of carbonyl (C=O) groups excluding carboxylic acids is 1. The molecule has 1 atom stereocenters. The zero-order valence-corrected chi connectivity index (χ0v) is 11.0. The van der Waals surface area contributed by atoms with Crippen molar-refractivity contribution in [3.8, 4) is 0 Å². The Labute approximate surface area is 111 Å². The summed E-state index contributed by atoms with van der Waals surface area (Å²) in [6.07, 6.45) is 0.821. The van der Waals surface area contributed by atoms with Crippen LogP contribution in [0.5, 0.6) is 0 Å². The number of aliphatic hydroxyl groups excluding tert-OH is 1. The Kier molecular flexibility index (Phi) is 3.97. The van der Waals surface area contributed by atoms with Crippen LogP contribution in [0, 0.1) is 6.92 Å². The normalized spacial score (nSPS) is 12.2. The minimum absolute atomic E-state index is 0.178. The average molecular weight is 259 g/mol. The van der Waals surface area contributed by atoms with Crippen LogP contribution in [0.4, 0.5) is 0 Å². The van der Waals surface area contributed by atoms with Crippen LogP contribution in [-0.2, 0) is 7.05 Å². The van der Waals surface area contributed by atoms with Crippen molar-refractivity contribution in [2.75, 3.05) is 6.54 Å². The van der Waals surface area contributed by atoms with E-state index in [-0.39, 0.29) is 12.5 Å². The maximum Gasteiger partial charge on any atom is 0.254 e. The molecule has 0 spiro atoms. The SMILES string of the molecule is Cc1c(C(=O)NCC(O)c2ccccc2)cnn1C. The van der Waals surface area contributed by atoms with Crippen molar-refractivity contribution in [2.24, 2.45) is 7.05 Å². The number of nitrogens with zero attached hydrogens (tertiary/aromatic N) is 2. The van der Waals surface area contributed by atoms with Gasteiger partial charge in [-0.2, -0.15) is 5.10 Å². The van der Waals surface area contributed by atoms with E-state index in [2.05, 4.69) is 10.4 Å². The van der Waals surface area contributed by atoms with E-state index in [9.17, 15) is 9.90 Å². The lowest BCUT2D eigenvalue weighted by Crippen LogP contribution is -2.28. The quantitative estimate of drug-likeness (QED) is 0.866. The molecule has 2 aromatic rings. The number of hydrogen-bond acceptors (Lipinski definition) is 3. The van der Waals surface area contributed by atoms with Gasteiger partial charge in [0.15, 0.2) is 0 Å². The zero-order chi connectivity index (χ0) is 13.8. The van der Waals surface area contributed by atoms with Crippen molar-refractivity contribution in [3.05, 3.63) is 53.3 Å². The lowest BCUT2D eigenvalue weighted by atomic mass is 10.1. The van der Waals surface area contributed by atoms with Crippen LogP contribution in [0.1, 0.15) is 27.7 Å². The van der Waals surface area contributed by atoms with Gasteiger partial charge in [0.2, 0.25) is 0 Å². The van der Waals surface area contributed by atoms with E-state index in [0.29, 0.717) is 5.56 Å². The molecule has 2 N–H and O–H groups in total. The van der Waals surface area contributed by atoms with Crippen LogP contribution in [0.25, 0.3) is 0 Å². The van der Waals surface area contributed by atoms with Gasteiger partial charge in [0, 0.05) is 19.3 Å². The van der Waals surface area contributed by atoms with Crippen molar-refractivity contribution in [3.63, 3.8) is 0 Å². The van der Waals surface area contributed by atoms with E-state index in [1.165, 1.54) is 6.20 Å². The molecule has 0 radical (unpaired) electrons. The van der Waals surface area contributed by atoms with Gasteiger partial charge in [0.25, 0.3) is 5.91 Å². The Balaban J connectivity index is 1.96. The largest absolute Gasteiger partial charge is 0.387 e. The number of carbonyl (C=O) groups is 1. The minimum atomic E-state index is -0.706. The molecule has 2 rings (SSSR count). The molecule has 1 aromatic carbocycles. The van der Waals surface area contributed by atoms with Gasteiger partial charge in [-0.25, -0.2) is 0 Å². The monoisotopic (exact) mass is 259 g/mol. The Morgan fingerprint density at radius 2 is 2.11 bits per heavy atom. The average Bonchev–Trinajstić information content (AvgIpc) is 2.77. The molecule has 1 unspecified atom stereocenters. The molecule has 5 heteroatoms. The third-order valence-electron chi connectivity index (χ3n) is 3.12. The second kappa shape index (κ2) is 5.67. The predicted molar refractivity (Wildman–Crippen MR) is 71.7 cm³/mol. The van der Waals surface area contributed by atoms with Crippen LogP contribution in [0.15, 0.2) is 36.5 Å². The first-order valence-electron chi connectivity index (χ1n) is 6.09. The third-order valence-corrected chi connectivity index (χ3v) is 3.12. The summed E-state index contributed by atoms with van der Waals surface area (Å²) in [5.41, 5.74) is 2.11. The molecule has 100 valence electrons. The molecular formula is C14H17N3O2. The highest BCUT2D eigenvalue weighted by atomic mass is 16.3. The molecular weight excluding hydrogens is 242 g/mol. The second-order valence-corrected chi connectivity index (χ2v) is 4.40. The van der Waals surface area contributed by atoms with Gasteiger partial charge in [-0.15, -0.1) is 0 Å². The Bertz CT molecular complexity index is 563. The minimum Gasteiger partial charge on any atom is -0.387 e. The molecule has 0 aliphatic carbocycles. The number of aromatic nitrogens is 2. The number of aliphatic hydroxyl groups is 1. The summed E-state index contributed by atoms with van der Waals surface area (Å²) in [6, 6.07) is 9.24. The molecule has 0 aliphatic rings. The molecule has 1 aromatic heterocycles. The van der Waals surface area contributed by atoms with Crippen molar-refractivity contribution < 1.29 is 9.90 Å². The van der Waals surface area contributed by atoms with Gasteiger partial charge >= 0.3 is 0 Å². The van der Waals surface area contributed by atoms with Crippen molar-refractivity contribution >= 4 is 5.91 Å². The molecule has 0 fully saturated rings. The summed E-state index contributed by atoms with van der Waals surface area (Å²) in [5.74, 6) is -0.222. The number of nitrogens with one attached hydrogen (secondary N) is 1. The van der Waals surface area contributed by atoms with E-state index in [0.717, 1.165) is 11.3 Å². The van der Waals surface area contributed by atoms with E-state index < -0.39 is 6.10 Å². The summed E-state index contributed by atoms with van der Waals surface area (Å²) >= 11 is 0. The van der Waals surface area contributed by atoms with E-state index in [4.69, 9.17) is 0 Å². The zero-order valence-electron chi connectivity index (χ0n) is 11.0. The van der Waals surface area contributed by atoms with Crippen LogP contribution < -0.4 is 5.32 Å². The summed E-state index contributed by atoms with van der Waals surface area (Å²) in [6.45, 7) is 2.01. The predicted octanol–water partition coefficient (Wildman–Crippen LogP) is 1.19. The number of aryl methyl sites for hydroxylation is 1. The highest BCUT2D eigenvalue weighted by Gasteiger charge is 2.14. The molecule has 1 amide bonds. The number of amides is 1. The van der Waals surface area contributed by atoms with Crippen molar-refractivity contribution in [1.29, 1.82) is 0 Å². The fourth-order valence-corrected chi connectivity index (χ4v) is 1.80. The first-order chi connectivity index (χ1) is 9.09. The summed E-state index contributed by atoms with van der Waals surface area (Å²) in [7, 11) is 1.78. The van der Waals surface area contributed by atoms with E-state index in [1.54, 1.807) is 11.7 Å². The van der Waals surface area contributed by atoms with Crippen LogP contribution in [0.3, 0.4) is 0 Å². The lowest BCUT2D eigenvalue weighted by Gasteiger charge is -2.12. The van der Waals surface area contributed by atoms with Gasteiger partial charge in [0.05, 0.1) is 17.9 Å². The lowest BCUT2D eigenvalue weighted by molar-refractivity contribution is 0.0915. The number of benzene rings is 1. The topological polar surface area (TPSA) is 67.2 Å². The smallest absolute Gasteiger partial charge is 0.254 e. The van der Waals surface area contributed by atoms with Crippen molar-refractivity contribution in [1.82, 2.24) is 15.1 Å². The Morgan fingerprint density at radius 3 is 2.68 bits per heavy atom. The van der Waals surface area contributed by atoms with Crippen LogP contribution >= 0.6 is 0 Å². The van der Waals surface area contributed by atoms with Gasteiger partial charge < -0.3 is 10.4 Å². The summed E-state index contributed by atoms with van der Waals surface area (Å²) in [5, 5.41) is 16.7. The standard InChI is InChI=1S/C14H17N3O2/c1-10-12(8-16-17(10)2)14(19)15-9-13(18)11-6-4-3-5-7-11/h3-8,13,18H,9H2,1-2H3,(H,15,19). The Morgan fingerprint density at radius 1 is 1.42 bits per heavy atom. The molecule has 0 saturated carbocycles. The molecule has 0 saturated heterocycles. The fraction of sp³-hybridized carbons (Fsp3) is 0.286. The van der Waals surface area contributed by atoms with Gasteiger partial charge in [-0.1, -0.05) is 30.3 Å². The van der Waals surface area contributed by atoms with Gasteiger partial charge in [-0.05, 0) is 12.5 Å². The fourth-order valence-electron chi connectivity index (χ4n) is 1.80. The number of rotatable bonds is 4. The van der Waals surface area contributed by atoms with Crippen LogP contribution in [0.2, 0.25) is 0 Å². The molecule has 0 aliphatic heterocycles. The first-order valence-corrected chi connectivity index (χ1v) is 6.09. The summed E-state index contributed by atoms with van der Waals surface area (Å²) in [4.78, 5) is 11.9. The molecule has 1 heterocycles. The van der Waals surface area contributed by atoms with E-state index >= 15 is 0 Å². The summed E-state index contributed by atoms with van der Waals surface area (Å²) < 4.78 is 1.64. The highest BCUT2D eigenvalue weighted by Crippen LogP contribution is 2.11. The molecule has 5 nitrogen and oxygen atoms in total. The molecule has 0 bridgehead atoms.